The molecule has 0 aliphatic heterocycles. The quantitative estimate of drug-likeness (QED) is 0.511. The molecule has 0 radical (unpaired) electrons. The molecule has 6 nitrogen and oxygen atoms in total. The lowest BCUT2D eigenvalue weighted by Gasteiger charge is -2.21. The van der Waals surface area contributed by atoms with Gasteiger partial charge in [-0.1, -0.05) is 30.0 Å². The fourth-order valence-electron chi connectivity index (χ4n) is 2.33. The molecule has 1 aromatic carbocycles. The van der Waals surface area contributed by atoms with E-state index in [0.717, 1.165) is 17.4 Å². The number of benzene rings is 1. The first-order valence-corrected chi connectivity index (χ1v) is 8.30. The minimum atomic E-state index is -0.531. The molecule has 1 heterocycles. The van der Waals surface area contributed by atoms with Gasteiger partial charge >= 0.3 is 5.69 Å². The van der Waals surface area contributed by atoms with Crippen molar-refractivity contribution in [3.63, 3.8) is 0 Å². The van der Waals surface area contributed by atoms with Crippen molar-refractivity contribution in [1.82, 2.24) is 9.97 Å². The third-order valence-corrected chi connectivity index (χ3v) is 4.62. The Morgan fingerprint density at radius 2 is 1.88 bits per heavy atom. The minimum Gasteiger partial charge on any atom is -0.315 e. The van der Waals surface area contributed by atoms with Crippen molar-refractivity contribution in [1.29, 1.82) is 0 Å². The fraction of sp³-hybridized carbons (Fsp3) is 0.294. The molecule has 126 valence electrons. The van der Waals surface area contributed by atoms with Gasteiger partial charge in [0.1, 0.15) is 5.03 Å². The van der Waals surface area contributed by atoms with Crippen molar-refractivity contribution < 1.29 is 9.59 Å². The van der Waals surface area contributed by atoms with Crippen LogP contribution < -0.4 is 10.6 Å². The van der Waals surface area contributed by atoms with Crippen molar-refractivity contribution in [2.75, 3.05) is 11.9 Å². The Morgan fingerprint density at radius 1 is 1.25 bits per heavy atom. The molecular weight excluding hydrogens is 326 g/mol. The first-order valence-electron chi connectivity index (χ1n) is 7.42. The van der Waals surface area contributed by atoms with Crippen LogP contribution in [0.5, 0.6) is 0 Å². The van der Waals surface area contributed by atoms with E-state index in [1.807, 2.05) is 30.3 Å². The van der Waals surface area contributed by atoms with Gasteiger partial charge in [-0.15, -0.1) is 0 Å². The molecule has 1 N–H and O–H groups in total. The number of Topliss-reactive ketones (excluding diaryl/α,β-unsaturated/α-hetero) is 1. The summed E-state index contributed by atoms with van der Waals surface area (Å²) in [5.74, 6) is -0.338. The van der Waals surface area contributed by atoms with Crippen molar-refractivity contribution in [2.24, 2.45) is 0 Å². The summed E-state index contributed by atoms with van der Waals surface area (Å²) < 4.78 is 0. The van der Waals surface area contributed by atoms with E-state index in [9.17, 15) is 14.4 Å². The van der Waals surface area contributed by atoms with E-state index >= 15 is 0 Å². The molecule has 0 aliphatic carbocycles. The number of aryl methyl sites for hydroxylation is 1. The number of hydrogen-bond acceptors (Lipinski definition) is 5. The highest BCUT2D eigenvalue weighted by atomic mass is 32.2. The summed E-state index contributed by atoms with van der Waals surface area (Å²) >= 11 is 1.11. The lowest BCUT2D eigenvalue weighted by atomic mass is 10.2. The number of thioether (sulfide) groups is 1. The maximum atomic E-state index is 12.6. The van der Waals surface area contributed by atoms with Crippen molar-refractivity contribution >= 4 is 29.1 Å². The van der Waals surface area contributed by atoms with Crippen LogP contribution in [0.3, 0.4) is 0 Å². The van der Waals surface area contributed by atoms with Crippen molar-refractivity contribution in [3.8, 4) is 0 Å². The summed E-state index contributed by atoms with van der Waals surface area (Å²) in [6.45, 7) is 4.79. The second-order valence-corrected chi connectivity index (χ2v) is 6.73. The molecule has 0 fully saturated rings. The number of hydrogen-bond donors (Lipinski definition) is 1. The van der Waals surface area contributed by atoms with Gasteiger partial charge in [-0.2, -0.15) is 4.98 Å². The molecule has 24 heavy (non-hydrogen) atoms. The van der Waals surface area contributed by atoms with Crippen LogP contribution in [0.4, 0.5) is 5.69 Å². The first-order chi connectivity index (χ1) is 11.3. The van der Waals surface area contributed by atoms with Crippen LogP contribution in [0.15, 0.2) is 40.2 Å². The number of nitrogens with one attached hydrogen (secondary N) is 1. The molecule has 0 saturated carbocycles. The number of carbonyl (C=O) groups is 2. The Balaban J connectivity index is 2.26. The van der Waals surface area contributed by atoms with Crippen LogP contribution in [0.1, 0.15) is 29.9 Å². The molecule has 1 aromatic heterocycles. The summed E-state index contributed by atoms with van der Waals surface area (Å²) in [7, 11) is 1.69. The number of amides is 1. The zero-order valence-electron chi connectivity index (χ0n) is 14.0. The van der Waals surface area contributed by atoms with Gasteiger partial charge in [0, 0.05) is 18.4 Å². The summed E-state index contributed by atoms with van der Waals surface area (Å²) in [4.78, 5) is 44.0. The lowest BCUT2D eigenvalue weighted by Crippen LogP contribution is -2.33. The SMILES string of the molecule is CC(=O)c1c(SC(C)C(=O)N(C)c2ccccc2)nc(=O)[nH]c1C. The molecule has 1 unspecified atom stereocenters. The van der Waals surface area contributed by atoms with Gasteiger partial charge in [-0.3, -0.25) is 9.59 Å². The van der Waals surface area contributed by atoms with E-state index in [-0.39, 0.29) is 16.7 Å². The monoisotopic (exact) mass is 345 g/mol. The van der Waals surface area contributed by atoms with E-state index in [2.05, 4.69) is 9.97 Å². The zero-order chi connectivity index (χ0) is 17.9. The maximum Gasteiger partial charge on any atom is 0.346 e. The molecule has 1 atom stereocenters. The maximum absolute atomic E-state index is 12.6. The number of anilines is 1. The highest BCUT2D eigenvalue weighted by Gasteiger charge is 2.23. The number of para-hydroxylation sites is 1. The summed E-state index contributed by atoms with van der Waals surface area (Å²) in [6, 6.07) is 9.26. The van der Waals surface area contributed by atoms with E-state index in [1.165, 1.54) is 6.92 Å². The number of nitrogens with zero attached hydrogens (tertiary/aromatic N) is 2. The summed E-state index contributed by atoms with van der Waals surface area (Å²) in [5, 5.41) is -0.215. The standard InChI is InChI=1S/C17H19N3O3S/c1-10-14(11(2)21)15(19-17(23)18-10)24-12(3)16(22)20(4)13-8-6-5-7-9-13/h5-9,12H,1-4H3,(H,18,19,23). The van der Waals surface area contributed by atoms with E-state index < -0.39 is 10.9 Å². The van der Waals surface area contributed by atoms with E-state index in [0.29, 0.717) is 11.3 Å². The van der Waals surface area contributed by atoms with Crippen LogP contribution in [0.2, 0.25) is 0 Å². The molecule has 1 amide bonds. The second kappa shape index (κ2) is 7.44. The number of aromatic nitrogens is 2. The van der Waals surface area contributed by atoms with Crippen molar-refractivity contribution in [2.45, 2.75) is 31.0 Å². The average Bonchev–Trinajstić information content (AvgIpc) is 2.53. The Hall–Kier alpha value is -2.41. The average molecular weight is 345 g/mol. The number of aromatic amines is 1. The Kier molecular flexibility index (Phi) is 5.56. The minimum absolute atomic E-state index is 0.138. The van der Waals surface area contributed by atoms with Gasteiger partial charge in [0.15, 0.2) is 5.78 Å². The van der Waals surface area contributed by atoms with Crippen LogP contribution >= 0.6 is 11.8 Å². The van der Waals surface area contributed by atoms with Gasteiger partial charge in [0.05, 0.1) is 10.8 Å². The van der Waals surface area contributed by atoms with Gasteiger partial charge in [-0.25, -0.2) is 4.79 Å². The molecule has 0 bridgehead atoms. The number of H-pyrrole nitrogens is 1. The van der Waals surface area contributed by atoms with Crippen LogP contribution in [-0.4, -0.2) is 34.0 Å². The first kappa shape index (κ1) is 17.9. The highest BCUT2D eigenvalue weighted by molar-refractivity contribution is 8.00. The Labute approximate surface area is 144 Å². The van der Waals surface area contributed by atoms with Crippen LogP contribution in [-0.2, 0) is 4.79 Å². The largest absolute Gasteiger partial charge is 0.346 e. The number of ketones is 1. The molecule has 0 spiro atoms. The number of carbonyl (C=O) groups excluding carboxylic acids is 2. The Bertz CT molecular complexity index is 818. The van der Waals surface area contributed by atoms with Crippen LogP contribution in [0.25, 0.3) is 0 Å². The van der Waals surface area contributed by atoms with Gasteiger partial charge in [0.25, 0.3) is 0 Å². The fourth-order valence-corrected chi connectivity index (χ4v) is 3.47. The van der Waals surface area contributed by atoms with Crippen LogP contribution in [0, 0.1) is 6.92 Å². The highest BCUT2D eigenvalue weighted by Crippen LogP contribution is 2.27. The molecule has 7 heteroatoms. The third-order valence-electron chi connectivity index (χ3n) is 3.55. The second-order valence-electron chi connectivity index (χ2n) is 5.40. The number of rotatable bonds is 5. The molecule has 0 aliphatic rings. The predicted octanol–water partition coefficient (Wildman–Crippen LogP) is 2.42. The van der Waals surface area contributed by atoms with Crippen molar-refractivity contribution in [3.05, 3.63) is 52.1 Å². The lowest BCUT2D eigenvalue weighted by molar-refractivity contribution is -0.117. The smallest absolute Gasteiger partial charge is 0.315 e. The third kappa shape index (κ3) is 3.91. The van der Waals surface area contributed by atoms with Gasteiger partial charge in [-0.05, 0) is 32.9 Å². The zero-order valence-corrected chi connectivity index (χ0v) is 14.8. The predicted molar refractivity (Wildman–Crippen MR) is 94.8 cm³/mol. The van der Waals surface area contributed by atoms with Gasteiger partial charge < -0.3 is 9.88 Å². The molecule has 2 rings (SSSR count). The molecule has 0 saturated heterocycles. The van der Waals surface area contributed by atoms with Gasteiger partial charge in [0.2, 0.25) is 5.91 Å². The molecular formula is C17H19N3O3S. The topological polar surface area (TPSA) is 83.1 Å². The van der Waals surface area contributed by atoms with E-state index in [4.69, 9.17) is 0 Å². The van der Waals surface area contributed by atoms with E-state index in [1.54, 1.807) is 25.8 Å². The normalized spacial score (nSPS) is 11.8. The Morgan fingerprint density at radius 3 is 2.46 bits per heavy atom. The summed E-state index contributed by atoms with van der Waals surface area (Å²) in [5.41, 5.74) is 1.05. The summed E-state index contributed by atoms with van der Waals surface area (Å²) in [6.07, 6.45) is 0. The molecule has 2 aromatic rings.